The number of carbonyl (C=O) groups excluding carboxylic acids is 16. The summed E-state index contributed by atoms with van der Waals surface area (Å²) < 4.78 is 65.0. The summed E-state index contributed by atoms with van der Waals surface area (Å²) in [6.07, 6.45) is -1.09. The fraction of sp³-hybridized carbons (Fsp3) is 0.562. The molecule has 0 fully saturated rings. The first-order valence-electron chi connectivity index (χ1n) is 44.8. The largest absolute Gasteiger partial charge is 0.460 e. The third-order valence-electron chi connectivity index (χ3n) is 17.1. The number of rotatable bonds is 39. The van der Waals surface area contributed by atoms with Crippen molar-refractivity contribution in [1.29, 1.82) is 0 Å². The van der Waals surface area contributed by atoms with E-state index < -0.39 is 191 Å². The van der Waals surface area contributed by atoms with Gasteiger partial charge in [-0.1, -0.05) is 75.6 Å². The molecule has 10 amide bonds. The average Bonchev–Trinajstić information content (AvgIpc) is 0.866. The number of ether oxygens (including phenoxy) is 12. The summed E-state index contributed by atoms with van der Waals surface area (Å²) in [5, 5.41) is 25.7. The highest BCUT2D eigenvalue weighted by atomic mass is 16.6. The zero-order valence-electron chi connectivity index (χ0n) is 82.6. The molecular weight excluding hydrogens is 1770 g/mol. The topological polar surface area (TPSA) is 529 Å². The zero-order valence-corrected chi connectivity index (χ0v) is 82.6. The second kappa shape index (κ2) is 53.0. The number of nitrogens with zero attached hydrogens (tertiary/aromatic N) is 2. The molecule has 0 heterocycles. The molecule has 4 aromatic rings. The Morgan fingerprint density at radius 3 is 0.787 bits per heavy atom. The highest BCUT2D eigenvalue weighted by Crippen LogP contribution is 2.24. The average molecular weight is 1910 g/mol. The second-order valence-electron chi connectivity index (χ2n) is 39.6. The van der Waals surface area contributed by atoms with Gasteiger partial charge < -0.3 is 99.4 Å². The van der Waals surface area contributed by atoms with Crippen LogP contribution in [0.25, 0.3) is 0 Å². The van der Waals surface area contributed by atoms with Gasteiger partial charge in [0.05, 0.1) is 36.8 Å². The first kappa shape index (κ1) is 115. The molecule has 136 heavy (non-hydrogen) atoms. The summed E-state index contributed by atoms with van der Waals surface area (Å²) in [4.78, 5) is 220. The predicted molar refractivity (Wildman–Crippen MR) is 501 cm³/mol. The second-order valence-corrected chi connectivity index (χ2v) is 39.6. The molecule has 0 unspecified atom stereocenters. The van der Waals surface area contributed by atoms with Gasteiger partial charge >= 0.3 is 72.4 Å². The van der Waals surface area contributed by atoms with Crippen LogP contribution >= 0.6 is 0 Å². The van der Waals surface area contributed by atoms with Crippen LogP contribution in [0.5, 0.6) is 11.5 Å². The van der Waals surface area contributed by atoms with Crippen molar-refractivity contribution in [3.8, 4) is 11.5 Å². The minimum Gasteiger partial charge on any atom is -0.460 e. The maximum absolute atomic E-state index is 14.1. The van der Waals surface area contributed by atoms with Crippen molar-refractivity contribution >= 4 is 119 Å². The van der Waals surface area contributed by atoms with Crippen molar-refractivity contribution in [3.05, 3.63) is 119 Å². The number of alkyl carbamates (subject to hydrolysis) is 4. The molecule has 10 N–H and O–H groups in total. The number of anilines is 2. The SMILES string of the molecule is CC(C)(C)OC(=O)C[C@H](NC(=O)OCc1ccc(OC(=O)c2ccc(NC(=NC(=O)OC(C)(C)C)NC(=O)OC(C)(C)C)cc2)cc1)C(=O)N[C@@H](CC(=O)OC(C)(C)C)C(=O)NCCCCCCCCCCCCNC(=O)[C@H](CC(=O)OC(C)(C)C)NC(=O)[C@H](CC(=O)OC(C)(C)C)NC(=O)OCc1ccc(OC(=O)c2ccc(NC(=NC(=O)OC(C)(C)C)NC(=O)OC(C)(C)C)cc2)cc1. The molecule has 4 atom stereocenters. The van der Waals surface area contributed by atoms with Crippen LogP contribution in [0.1, 0.15) is 288 Å². The van der Waals surface area contributed by atoms with E-state index in [-0.39, 0.29) is 60.8 Å². The summed E-state index contributed by atoms with van der Waals surface area (Å²) in [7, 11) is 0. The minimum absolute atomic E-state index is 0.109. The van der Waals surface area contributed by atoms with Crippen LogP contribution in [0.4, 0.5) is 40.1 Å². The lowest BCUT2D eigenvalue weighted by Crippen LogP contribution is -2.55. The van der Waals surface area contributed by atoms with Gasteiger partial charge in [0.2, 0.25) is 35.5 Å². The molecule has 0 bridgehead atoms. The van der Waals surface area contributed by atoms with Gasteiger partial charge in [0, 0.05) is 24.5 Å². The summed E-state index contributed by atoms with van der Waals surface area (Å²) in [5.41, 5.74) is -5.82. The van der Waals surface area contributed by atoms with Crippen molar-refractivity contribution in [2.45, 2.75) is 338 Å². The van der Waals surface area contributed by atoms with E-state index in [0.29, 0.717) is 48.2 Å². The van der Waals surface area contributed by atoms with E-state index in [1.165, 1.54) is 97.1 Å². The Bertz CT molecular complexity index is 4490. The third kappa shape index (κ3) is 52.3. The van der Waals surface area contributed by atoms with Gasteiger partial charge in [-0.15, -0.1) is 9.98 Å². The van der Waals surface area contributed by atoms with E-state index in [9.17, 15) is 76.7 Å². The van der Waals surface area contributed by atoms with Crippen LogP contribution in [-0.4, -0.2) is 190 Å². The fourth-order valence-electron chi connectivity index (χ4n) is 11.6. The Morgan fingerprint density at radius 2 is 0.529 bits per heavy atom. The summed E-state index contributed by atoms with van der Waals surface area (Å²) >= 11 is 0. The summed E-state index contributed by atoms with van der Waals surface area (Å²) in [5.74, 6) is -8.88. The zero-order chi connectivity index (χ0) is 102. The van der Waals surface area contributed by atoms with Crippen molar-refractivity contribution < 1.29 is 134 Å². The number of carbonyl (C=O) groups is 16. The number of nitrogens with one attached hydrogen (secondary N) is 10. The lowest BCUT2D eigenvalue weighted by molar-refractivity contribution is -0.158. The van der Waals surface area contributed by atoms with Crippen molar-refractivity contribution in [2.24, 2.45) is 9.98 Å². The molecule has 0 saturated carbocycles. The first-order chi connectivity index (χ1) is 62.9. The molecule has 0 radical (unpaired) electrons. The van der Waals surface area contributed by atoms with Gasteiger partial charge in [0.25, 0.3) is 0 Å². The number of amides is 10. The number of aliphatic imine (C=N–C) groups is 2. The molecule has 0 aromatic heterocycles. The Balaban J connectivity index is 1.28. The van der Waals surface area contributed by atoms with Crippen LogP contribution in [0.2, 0.25) is 0 Å². The molecule has 0 aliphatic rings. The highest BCUT2D eigenvalue weighted by Gasteiger charge is 2.37. The van der Waals surface area contributed by atoms with Gasteiger partial charge in [-0.05, 0) is 263 Å². The standard InChI is InChI=1S/C96H138N12O28/c1-89(2,3)129-71(109)53-67(101-77(115)69(55-73(111)131-91(7,8)9)103-83(119)125-57-59-35-47-65(48-36-59)127-79(117)61-39-43-63(44-40-61)99-81(105-85(121)133-93(13,14)15)106-86(122)134-94(16,17)18)75(113)97-51-33-31-29-27-25-26-28-30-32-34-52-98-76(114)68(54-72(110)130-90(4,5)6)102-78(116)70(56-74(112)132-92(10,11)12)104-84(120)126-58-60-37-49-66(50-38-60)128-80(118)62-41-45-64(46-42-62)100-82(107-87(123)135-95(19,20)21)108-88(124)136-96(22,23)24/h35-50,67-70H,25-34,51-58H2,1-24H3,(H,97,113)(H,98,114)(H,101,115)(H,102,116)(H,103,119)(H,104,120)(H2,99,105,106,121,122)(H2,100,107,108,123,124)/t67-,68-,69-,70-/m0/s1. The molecule has 0 spiro atoms. The van der Waals surface area contributed by atoms with E-state index in [4.69, 9.17) is 56.8 Å². The molecule has 750 valence electrons. The number of esters is 6. The van der Waals surface area contributed by atoms with Crippen LogP contribution in [0.3, 0.4) is 0 Å². The number of guanidine groups is 2. The van der Waals surface area contributed by atoms with Crippen LogP contribution in [0, 0.1) is 0 Å². The number of unbranched alkanes of at least 4 members (excludes halogenated alkanes) is 9. The number of benzene rings is 4. The lowest BCUT2D eigenvalue weighted by atomic mass is 10.1. The molecule has 0 aliphatic carbocycles. The first-order valence-corrected chi connectivity index (χ1v) is 44.8. The fourth-order valence-corrected chi connectivity index (χ4v) is 11.6. The smallest absolute Gasteiger partial charge is 0.437 e. The van der Waals surface area contributed by atoms with Crippen molar-refractivity contribution in [1.82, 2.24) is 42.5 Å². The summed E-state index contributed by atoms with van der Waals surface area (Å²) in [6.45, 7) is 38.8. The monoisotopic (exact) mass is 1910 g/mol. The van der Waals surface area contributed by atoms with Gasteiger partial charge in [-0.25, -0.2) is 38.4 Å². The van der Waals surface area contributed by atoms with Crippen molar-refractivity contribution in [3.63, 3.8) is 0 Å². The molecule has 4 aromatic carbocycles. The predicted octanol–water partition coefficient (Wildman–Crippen LogP) is 14.5. The maximum Gasteiger partial charge on any atom is 0.437 e. The van der Waals surface area contributed by atoms with Crippen LogP contribution < -0.4 is 62.6 Å². The number of hydrogen-bond acceptors (Lipinski definition) is 28. The Kier molecular flexibility index (Phi) is 44.8. The van der Waals surface area contributed by atoms with E-state index in [1.54, 1.807) is 166 Å². The van der Waals surface area contributed by atoms with Gasteiger partial charge in [0.15, 0.2) is 0 Å². The Labute approximate surface area is 794 Å². The van der Waals surface area contributed by atoms with Crippen LogP contribution in [-0.2, 0) is 98.9 Å². The molecule has 0 saturated heterocycles. The maximum atomic E-state index is 14.1. The molecule has 40 heteroatoms. The van der Waals surface area contributed by atoms with Gasteiger partial charge in [-0.2, -0.15) is 0 Å². The quantitative estimate of drug-likeness (QED) is 0.00495. The van der Waals surface area contributed by atoms with E-state index in [1.807, 2.05) is 0 Å². The highest BCUT2D eigenvalue weighted by molar-refractivity contribution is 6.08. The Hall–Kier alpha value is -13.5. The summed E-state index contributed by atoms with van der Waals surface area (Å²) in [6, 6.07) is 16.9. The third-order valence-corrected chi connectivity index (χ3v) is 17.1. The number of hydrogen-bond donors (Lipinski definition) is 10. The molecule has 40 nitrogen and oxygen atoms in total. The Morgan fingerprint density at radius 1 is 0.279 bits per heavy atom. The van der Waals surface area contributed by atoms with E-state index in [2.05, 4.69) is 63.2 Å². The van der Waals surface area contributed by atoms with Gasteiger partial charge in [0.1, 0.15) is 93.7 Å². The van der Waals surface area contributed by atoms with Crippen molar-refractivity contribution in [2.75, 3.05) is 23.7 Å². The van der Waals surface area contributed by atoms with Crippen LogP contribution in [0.15, 0.2) is 107 Å². The van der Waals surface area contributed by atoms with E-state index in [0.717, 1.165) is 38.5 Å². The van der Waals surface area contributed by atoms with E-state index >= 15 is 0 Å². The molecule has 0 aliphatic heterocycles. The normalized spacial score (nSPS) is 12.9. The molecule has 4 rings (SSSR count). The van der Waals surface area contributed by atoms with Gasteiger partial charge in [-0.3, -0.25) is 49.0 Å². The minimum atomic E-state index is -1.68. The lowest BCUT2D eigenvalue weighted by Gasteiger charge is -2.25. The molecular formula is C96H138N12O28.